The summed E-state index contributed by atoms with van der Waals surface area (Å²) in [5.41, 5.74) is 0. The van der Waals surface area contributed by atoms with E-state index in [-0.39, 0.29) is 11.4 Å². The Hall–Kier alpha value is -1.77. The van der Waals surface area contributed by atoms with Crippen molar-refractivity contribution in [2.45, 2.75) is 31.7 Å². The quantitative estimate of drug-likeness (QED) is 0.832. The molecule has 20 heavy (non-hydrogen) atoms. The first kappa shape index (κ1) is 14.6. The van der Waals surface area contributed by atoms with Crippen LogP contribution in [0, 0.1) is 6.92 Å². The fourth-order valence-electron chi connectivity index (χ4n) is 1.95. The minimum absolute atomic E-state index is 0.151. The number of nitrogens with zero attached hydrogens (tertiary/aromatic N) is 3. The molecular weight excluding hydrogens is 284 g/mol. The number of aryl methyl sites for hydroxylation is 1. The lowest BCUT2D eigenvalue weighted by Gasteiger charge is -2.25. The Labute approximate surface area is 119 Å². The average Bonchev–Trinajstić information content (AvgIpc) is 2.95. The Morgan fingerprint density at radius 1 is 1.60 bits per heavy atom. The molecule has 2 amide bonds. The largest absolute Gasteiger partial charge is 0.480 e. The number of rotatable bonds is 4. The smallest absolute Gasteiger partial charge is 0.327 e. The molecular formula is C11H16N4O4S. The van der Waals surface area contributed by atoms with Crippen molar-refractivity contribution < 1.29 is 19.2 Å². The van der Waals surface area contributed by atoms with Crippen LogP contribution >= 0.6 is 11.8 Å². The van der Waals surface area contributed by atoms with E-state index in [0.717, 1.165) is 0 Å². The summed E-state index contributed by atoms with van der Waals surface area (Å²) in [6, 6.07) is -1.16. The Kier molecular flexibility index (Phi) is 4.48. The van der Waals surface area contributed by atoms with Crippen LogP contribution in [0.2, 0.25) is 0 Å². The highest BCUT2D eigenvalue weighted by atomic mass is 32.2. The molecule has 1 aliphatic rings. The Bertz CT molecular complexity index is 506. The molecule has 2 rings (SSSR count). The van der Waals surface area contributed by atoms with Gasteiger partial charge in [-0.05, 0) is 13.8 Å². The number of carbonyl (C=O) groups excluding carboxylic acids is 1. The second kappa shape index (κ2) is 6.12. The van der Waals surface area contributed by atoms with Gasteiger partial charge in [-0.3, -0.25) is 4.90 Å². The van der Waals surface area contributed by atoms with Gasteiger partial charge >= 0.3 is 12.0 Å². The molecule has 0 aromatic carbocycles. The molecule has 0 radical (unpaired) electrons. The highest BCUT2D eigenvalue weighted by molar-refractivity contribution is 8.00. The van der Waals surface area contributed by atoms with E-state index < -0.39 is 12.0 Å². The number of hydrogen-bond acceptors (Lipinski definition) is 6. The zero-order valence-corrected chi connectivity index (χ0v) is 12.0. The normalized spacial score (nSPS) is 22.0. The summed E-state index contributed by atoms with van der Waals surface area (Å²) in [6.07, 6.45) is 0.416. The third kappa shape index (κ3) is 3.21. The number of carboxylic acids is 1. The van der Waals surface area contributed by atoms with Crippen LogP contribution in [0.1, 0.15) is 18.6 Å². The minimum atomic E-state index is -0.982. The number of amides is 2. The van der Waals surface area contributed by atoms with Crippen LogP contribution < -0.4 is 5.32 Å². The van der Waals surface area contributed by atoms with Gasteiger partial charge in [-0.15, -0.1) is 11.8 Å². The van der Waals surface area contributed by atoms with Gasteiger partial charge in [0, 0.05) is 18.7 Å². The molecule has 0 saturated carbocycles. The van der Waals surface area contributed by atoms with E-state index in [1.165, 1.54) is 16.7 Å². The van der Waals surface area contributed by atoms with Crippen molar-refractivity contribution in [3.05, 3.63) is 11.7 Å². The van der Waals surface area contributed by atoms with Crippen molar-refractivity contribution >= 4 is 23.8 Å². The van der Waals surface area contributed by atoms with Crippen LogP contribution in [0.15, 0.2) is 4.52 Å². The third-order valence-corrected chi connectivity index (χ3v) is 4.14. The third-order valence-electron chi connectivity index (χ3n) is 2.93. The fourth-order valence-corrected chi connectivity index (χ4v) is 3.12. The van der Waals surface area contributed by atoms with E-state index in [2.05, 4.69) is 15.5 Å². The molecule has 2 heterocycles. The van der Waals surface area contributed by atoms with Gasteiger partial charge in [-0.1, -0.05) is 5.16 Å². The summed E-state index contributed by atoms with van der Waals surface area (Å²) in [4.78, 5) is 28.5. The van der Waals surface area contributed by atoms with Crippen molar-refractivity contribution in [3.63, 3.8) is 0 Å². The van der Waals surface area contributed by atoms with Crippen LogP contribution in [0.3, 0.4) is 0 Å². The number of hydrogen-bond donors (Lipinski definition) is 2. The molecule has 1 aliphatic heterocycles. The Morgan fingerprint density at radius 2 is 2.35 bits per heavy atom. The number of aromatic nitrogens is 2. The standard InChI is InChI=1S/C11H16N4O4S/c1-6-13-9(19-14-6)3-4-12-11(18)15-7(2)20-5-8(15)10(16)17/h7-8H,3-5H2,1-2H3,(H,12,18)(H,16,17). The predicted molar refractivity (Wildman–Crippen MR) is 71.3 cm³/mol. The fraction of sp³-hybridized carbons (Fsp3) is 0.636. The summed E-state index contributed by atoms with van der Waals surface area (Å²) < 4.78 is 4.93. The first-order chi connectivity index (χ1) is 9.49. The van der Waals surface area contributed by atoms with E-state index >= 15 is 0 Å². The van der Waals surface area contributed by atoms with Crippen LogP contribution in [0.4, 0.5) is 4.79 Å². The molecule has 8 nitrogen and oxygen atoms in total. The molecule has 1 saturated heterocycles. The lowest BCUT2D eigenvalue weighted by Crippen LogP contribution is -2.49. The second-order valence-electron chi connectivity index (χ2n) is 4.41. The molecule has 1 aromatic heterocycles. The van der Waals surface area contributed by atoms with Crippen molar-refractivity contribution in [2.24, 2.45) is 0 Å². The average molecular weight is 300 g/mol. The molecule has 2 unspecified atom stereocenters. The highest BCUT2D eigenvalue weighted by Gasteiger charge is 2.39. The molecule has 0 spiro atoms. The number of carboxylic acid groups (broad SMARTS) is 1. The van der Waals surface area contributed by atoms with Crippen molar-refractivity contribution in [1.82, 2.24) is 20.4 Å². The van der Waals surface area contributed by atoms with Gasteiger partial charge in [0.05, 0.1) is 5.37 Å². The number of aliphatic carboxylic acids is 1. The monoisotopic (exact) mass is 300 g/mol. The molecule has 2 N–H and O–H groups in total. The van der Waals surface area contributed by atoms with Gasteiger partial charge in [-0.2, -0.15) is 4.98 Å². The van der Waals surface area contributed by atoms with E-state index in [9.17, 15) is 9.59 Å². The summed E-state index contributed by atoms with van der Waals surface area (Å²) >= 11 is 1.45. The van der Waals surface area contributed by atoms with Crippen LogP contribution in [0.25, 0.3) is 0 Å². The van der Waals surface area contributed by atoms with E-state index in [4.69, 9.17) is 9.63 Å². The van der Waals surface area contributed by atoms with Gasteiger partial charge in [0.15, 0.2) is 5.82 Å². The maximum Gasteiger partial charge on any atom is 0.327 e. The van der Waals surface area contributed by atoms with Crippen molar-refractivity contribution in [1.29, 1.82) is 0 Å². The SMILES string of the molecule is Cc1noc(CCNC(=O)N2C(C)SCC2C(=O)O)n1. The molecule has 1 aromatic rings. The van der Waals surface area contributed by atoms with E-state index in [0.29, 0.717) is 30.4 Å². The number of thioether (sulfide) groups is 1. The molecule has 9 heteroatoms. The summed E-state index contributed by atoms with van der Waals surface area (Å²) in [5.74, 6) is 0.417. The number of nitrogens with one attached hydrogen (secondary N) is 1. The predicted octanol–water partition coefficient (Wildman–Crippen LogP) is 0.478. The summed E-state index contributed by atoms with van der Waals surface area (Å²) in [6.45, 7) is 3.85. The molecule has 1 fully saturated rings. The first-order valence-corrected chi connectivity index (χ1v) is 7.23. The zero-order valence-electron chi connectivity index (χ0n) is 11.2. The Balaban J connectivity index is 1.86. The Morgan fingerprint density at radius 3 is 2.95 bits per heavy atom. The molecule has 2 atom stereocenters. The van der Waals surface area contributed by atoms with Crippen LogP contribution in [-0.4, -0.2) is 55.9 Å². The van der Waals surface area contributed by atoms with E-state index in [1.54, 1.807) is 6.92 Å². The zero-order chi connectivity index (χ0) is 14.7. The van der Waals surface area contributed by atoms with Crippen molar-refractivity contribution in [3.8, 4) is 0 Å². The van der Waals surface area contributed by atoms with Gasteiger partial charge in [0.25, 0.3) is 0 Å². The van der Waals surface area contributed by atoms with Gasteiger partial charge in [0.1, 0.15) is 6.04 Å². The number of carbonyl (C=O) groups is 2. The first-order valence-electron chi connectivity index (χ1n) is 6.19. The second-order valence-corrected chi connectivity index (χ2v) is 5.76. The van der Waals surface area contributed by atoms with Crippen molar-refractivity contribution in [2.75, 3.05) is 12.3 Å². The highest BCUT2D eigenvalue weighted by Crippen LogP contribution is 2.28. The topological polar surface area (TPSA) is 109 Å². The minimum Gasteiger partial charge on any atom is -0.480 e. The van der Waals surface area contributed by atoms with Crippen LogP contribution in [-0.2, 0) is 11.2 Å². The van der Waals surface area contributed by atoms with E-state index in [1.807, 2.05) is 6.92 Å². The van der Waals surface area contributed by atoms with Gasteiger partial charge in [-0.25, -0.2) is 9.59 Å². The summed E-state index contributed by atoms with van der Waals surface area (Å²) in [7, 11) is 0. The maximum atomic E-state index is 12.0. The maximum absolute atomic E-state index is 12.0. The molecule has 0 bridgehead atoms. The van der Waals surface area contributed by atoms with Crippen LogP contribution in [0.5, 0.6) is 0 Å². The summed E-state index contributed by atoms with van der Waals surface area (Å²) in [5, 5.41) is 15.3. The van der Waals surface area contributed by atoms with Gasteiger partial charge in [0.2, 0.25) is 5.89 Å². The molecule has 0 aliphatic carbocycles. The lowest BCUT2D eigenvalue weighted by atomic mass is 10.3. The number of urea groups is 1. The lowest BCUT2D eigenvalue weighted by molar-refractivity contribution is -0.141. The van der Waals surface area contributed by atoms with Gasteiger partial charge < -0.3 is 14.9 Å². The molecule has 110 valence electrons.